The highest BCUT2D eigenvalue weighted by molar-refractivity contribution is 5.36. The third-order valence-electron chi connectivity index (χ3n) is 6.46. The first kappa shape index (κ1) is 11.1. The van der Waals surface area contributed by atoms with Gasteiger partial charge in [-0.25, -0.2) is 0 Å². The van der Waals surface area contributed by atoms with E-state index in [1.807, 2.05) is 0 Å². The van der Waals surface area contributed by atoms with Crippen molar-refractivity contribution in [2.24, 2.45) is 29.1 Å². The van der Waals surface area contributed by atoms with Crippen LogP contribution in [0.3, 0.4) is 0 Å². The molecule has 0 aliphatic heterocycles. The van der Waals surface area contributed by atoms with Crippen LogP contribution in [0.4, 0.5) is 0 Å². The Hall–Kier alpha value is -0.780. The molecule has 4 aliphatic carbocycles. The highest BCUT2D eigenvalue weighted by Gasteiger charge is 2.50. The topological polar surface area (TPSA) is 0 Å². The maximum absolute atomic E-state index is 2.58. The highest BCUT2D eigenvalue weighted by Crippen LogP contribution is 2.60. The quantitative estimate of drug-likeness (QED) is 0.565. The second-order valence-corrected chi connectivity index (χ2v) is 7.23. The summed E-state index contributed by atoms with van der Waals surface area (Å²) in [5, 5.41) is 0. The molecule has 4 aliphatic rings. The summed E-state index contributed by atoms with van der Waals surface area (Å²) in [5.41, 5.74) is 2.31. The molecule has 5 atom stereocenters. The molecule has 4 rings (SSSR count). The smallest absolute Gasteiger partial charge is 0.00490 e. The van der Waals surface area contributed by atoms with Crippen LogP contribution < -0.4 is 0 Å². The van der Waals surface area contributed by atoms with Crippen LogP contribution in [0.25, 0.3) is 0 Å². The molecule has 0 amide bonds. The molecule has 0 N–H and O–H groups in total. The van der Waals surface area contributed by atoms with Gasteiger partial charge in [0.2, 0.25) is 0 Å². The summed E-state index contributed by atoms with van der Waals surface area (Å²) >= 11 is 0. The molecule has 18 heavy (non-hydrogen) atoms. The molecule has 2 fully saturated rings. The molecule has 0 spiro atoms. The fraction of sp³-hybridized carbons (Fsp3) is 0.667. The maximum Gasteiger partial charge on any atom is 0.00490 e. The van der Waals surface area contributed by atoms with Gasteiger partial charge in [-0.15, -0.1) is 0 Å². The van der Waals surface area contributed by atoms with Crippen molar-refractivity contribution in [3.05, 3.63) is 36.0 Å². The van der Waals surface area contributed by atoms with Gasteiger partial charge in [0.05, 0.1) is 0 Å². The van der Waals surface area contributed by atoms with Crippen molar-refractivity contribution in [2.75, 3.05) is 0 Å². The lowest BCUT2D eigenvalue weighted by Gasteiger charge is -2.50. The van der Waals surface area contributed by atoms with Crippen LogP contribution >= 0.6 is 0 Å². The molecule has 0 aromatic rings. The number of fused-ring (bicyclic) bond motifs is 5. The summed E-state index contributed by atoms with van der Waals surface area (Å²) in [6, 6.07) is 0. The van der Waals surface area contributed by atoms with Crippen molar-refractivity contribution < 1.29 is 0 Å². The van der Waals surface area contributed by atoms with Gasteiger partial charge in [-0.2, -0.15) is 0 Å². The lowest BCUT2D eigenvalue weighted by Crippen LogP contribution is -2.42. The first-order chi connectivity index (χ1) is 8.78. The van der Waals surface area contributed by atoms with Crippen molar-refractivity contribution in [1.82, 2.24) is 0 Å². The SMILES string of the molecule is C[C@@]12CCC[C@H]1[C@@H]1CC=C3C=CC=C[C@@H]3[C@H]1CC2. The summed E-state index contributed by atoms with van der Waals surface area (Å²) in [6.07, 6.45) is 20.7. The summed E-state index contributed by atoms with van der Waals surface area (Å²) in [6.45, 7) is 2.58. The van der Waals surface area contributed by atoms with Crippen LogP contribution in [0.5, 0.6) is 0 Å². The molecule has 0 heteroatoms. The number of allylic oxidation sites excluding steroid dienone is 6. The predicted octanol–water partition coefficient (Wildman–Crippen LogP) is 4.89. The van der Waals surface area contributed by atoms with Gasteiger partial charge >= 0.3 is 0 Å². The largest absolute Gasteiger partial charge is 0.0804 e. The van der Waals surface area contributed by atoms with Crippen molar-refractivity contribution in [2.45, 2.75) is 45.4 Å². The minimum atomic E-state index is 0.695. The van der Waals surface area contributed by atoms with Crippen molar-refractivity contribution in [3.63, 3.8) is 0 Å². The van der Waals surface area contributed by atoms with E-state index < -0.39 is 0 Å². The zero-order valence-electron chi connectivity index (χ0n) is 11.4. The van der Waals surface area contributed by atoms with E-state index in [0.717, 1.165) is 23.7 Å². The van der Waals surface area contributed by atoms with Crippen molar-refractivity contribution in [1.29, 1.82) is 0 Å². The average Bonchev–Trinajstić information content (AvgIpc) is 2.80. The Balaban J connectivity index is 1.69. The van der Waals surface area contributed by atoms with Gasteiger partial charge in [0.25, 0.3) is 0 Å². The van der Waals surface area contributed by atoms with Crippen LogP contribution in [0.1, 0.15) is 45.4 Å². The summed E-state index contributed by atoms with van der Waals surface area (Å²) in [5.74, 6) is 3.70. The number of hydrogen-bond acceptors (Lipinski definition) is 0. The van der Waals surface area contributed by atoms with Gasteiger partial charge < -0.3 is 0 Å². The number of hydrogen-bond donors (Lipinski definition) is 0. The highest BCUT2D eigenvalue weighted by atomic mass is 14.6. The van der Waals surface area contributed by atoms with Crippen molar-refractivity contribution >= 4 is 0 Å². The summed E-state index contributed by atoms with van der Waals surface area (Å²) < 4.78 is 0. The minimum Gasteiger partial charge on any atom is -0.0804 e. The van der Waals surface area contributed by atoms with E-state index in [0.29, 0.717) is 5.41 Å². The molecule has 0 unspecified atom stereocenters. The van der Waals surface area contributed by atoms with Crippen molar-refractivity contribution in [3.8, 4) is 0 Å². The molecule has 0 aromatic heterocycles. The van der Waals surface area contributed by atoms with Crippen LogP contribution in [0.2, 0.25) is 0 Å². The molecule has 0 aromatic carbocycles. The van der Waals surface area contributed by atoms with Gasteiger partial charge in [-0.1, -0.05) is 43.7 Å². The number of rotatable bonds is 0. The maximum atomic E-state index is 2.58. The molecular formula is C18H24. The van der Waals surface area contributed by atoms with E-state index in [4.69, 9.17) is 0 Å². The Morgan fingerprint density at radius 1 is 1.11 bits per heavy atom. The third kappa shape index (κ3) is 1.44. The molecule has 0 radical (unpaired) electrons. The van der Waals surface area contributed by atoms with Crippen LogP contribution in [-0.4, -0.2) is 0 Å². The van der Waals surface area contributed by atoms with E-state index in [2.05, 4.69) is 37.3 Å². The standard InChI is InChI=1S/C18H24/c1-18-11-4-7-17(18)16-9-8-13-5-2-3-6-14(13)15(16)10-12-18/h2-3,5-6,8,14-17H,4,7,9-12H2,1H3/t14-,15+,16+,17-,18-/m0/s1. The molecule has 2 saturated carbocycles. The van der Waals surface area contributed by atoms with Gasteiger partial charge in [-0.05, 0) is 60.8 Å². The average molecular weight is 240 g/mol. The molecule has 96 valence electrons. The first-order valence-electron chi connectivity index (χ1n) is 7.83. The third-order valence-corrected chi connectivity index (χ3v) is 6.46. The zero-order chi connectivity index (χ0) is 12.2. The van der Waals surface area contributed by atoms with E-state index in [1.54, 1.807) is 5.57 Å². The Kier molecular flexibility index (Phi) is 2.37. The normalized spacial score (nSPS) is 49.3. The molecule has 0 bridgehead atoms. The Labute approximate surface area is 111 Å². The first-order valence-corrected chi connectivity index (χ1v) is 7.83. The van der Waals surface area contributed by atoms with Crippen LogP contribution in [-0.2, 0) is 0 Å². The molecule has 0 nitrogen and oxygen atoms in total. The lowest BCUT2D eigenvalue weighted by atomic mass is 9.54. The van der Waals surface area contributed by atoms with Gasteiger partial charge in [0.1, 0.15) is 0 Å². The fourth-order valence-corrected chi connectivity index (χ4v) is 5.53. The molecular weight excluding hydrogens is 216 g/mol. The second kappa shape index (κ2) is 3.85. The zero-order valence-corrected chi connectivity index (χ0v) is 11.4. The van der Waals surface area contributed by atoms with Crippen LogP contribution in [0, 0.1) is 29.1 Å². The van der Waals surface area contributed by atoms with Gasteiger partial charge in [0, 0.05) is 5.92 Å². The van der Waals surface area contributed by atoms with E-state index >= 15 is 0 Å². The van der Waals surface area contributed by atoms with E-state index in [1.165, 1.54) is 38.5 Å². The van der Waals surface area contributed by atoms with E-state index in [-0.39, 0.29) is 0 Å². The Bertz CT molecular complexity index is 439. The predicted molar refractivity (Wildman–Crippen MR) is 76.1 cm³/mol. The monoisotopic (exact) mass is 240 g/mol. The summed E-state index contributed by atoms with van der Waals surface area (Å²) in [7, 11) is 0. The lowest BCUT2D eigenvalue weighted by molar-refractivity contribution is 0.0247. The van der Waals surface area contributed by atoms with Crippen LogP contribution in [0.15, 0.2) is 36.0 Å². The second-order valence-electron chi connectivity index (χ2n) is 7.23. The summed E-state index contributed by atoms with van der Waals surface area (Å²) in [4.78, 5) is 0. The Morgan fingerprint density at radius 3 is 3.00 bits per heavy atom. The Morgan fingerprint density at radius 2 is 2.06 bits per heavy atom. The minimum absolute atomic E-state index is 0.695. The van der Waals surface area contributed by atoms with Gasteiger partial charge in [-0.3, -0.25) is 0 Å². The molecule has 0 saturated heterocycles. The fourth-order valence-electron chi connectivity index (χ4n) is 5.53. The van der Waals surface area contributed by atoms with Gasteiger partial charge in [0.15, 0.2) is 0 Å². The molecule has 0 heterocycles. The van der Waals surface area contributed by atoms with E-state index in [9.17, 15) is 0 Å².